The maximum absolute atomic E-state index is 6.84. The molecule has 0 atom stereocenters. The van der Waals surface area contributed by atoms with E-state index in [1.165, 1.54) is 49.6 Å². The lowest BCUT2D eigenvalue weighted by Crippen LogP contribution is -2.12. The molecule has 0 amide bonds. The monoisotopic (exact) mass is 694 g/mol. The largest absolute Gasteiger partial charge is 0.455 e. The summed E-state index contributed by atoms with van der Waals surface area (Å²) in [7, 11) is 0. The van der Waals surface area contributed by atoms with Crippen LogP contribution in [0.5, 0.6) is 0 Å². The summed E-state index contributed by atoms with van der Waals surface area (Å²) < 4.78 is 9.20. The number of aromatic nitrogens is 1. The van der Waals surface area contributed by atoms with Crippen LogP contribution in [0.4, 0.5) is 17.1 Å². The van der Waals surface area contributed by atoms with Gasteiger partial charge in [-0.15, -0.1) is 0 Å². The minimum atomic E-state index is 0.875. The summed E-state index contributed by atoms with van der Waals surface area (Å²) >= 11 is 0. The molecule has 2 aromatic heterocycles. The molecule has 0 saturated heterocycles. The smallest absolute Gasteiger partial charge is 0.145 e. The van der Waals surface area contributed by atoms with Crippen molar-refractivity contribution in [1.82, 2.24) is 4.57 Å². The van der Waals surface area contributed by atoms with E-state index < -0.39 is 0 Å². The van der Waals surface area contributed by atoms with Crippen LogP contribution in [0.15, 0.2) is 180 Å². The van der Waals surface area contributed by atoms with Crippen molar-refractivity contribution in [1.29, 1.82) is 0 Å². The molecule has 0 spiro atoms. The molecule has 3 heteroatoms. The van der Waals surface area contributed by atoms with Gasteiger partial charge in [-0.05, 0) is 121 Å². The van der Waals surface area contributed by atoms with Gasteiger partial charge in [-0.2, -0.15) is 0 Å². The van der Waals surface area contributed by atoms with E-state index in [4.69, 9.17) is 4.42 Å². The number of hydrogen-bond acceptors (Lipinski definition) is 2. The van der Waals surface area contributed by atoms with E-state index in [0.717, 1.165) is 55.8 Å². The molecule has 0 fully saturated rings. The van der Waals surface area contributed by atoms with Crippen molar-refractivity contribution in [3.05, 3.63) is 193 Å². The van der Waals surface area contributed by atoms with Crippen LogP contribution in [0.3, 0.4) is 0 Å². The van der Waals surface area contributed by atoms with Gasteiger partial charge in [0.15, 0.2) is 0 Å². The summed E-state index contributed by atoms with van der Waals surface area (Å²) in [5.74, 6) is 0. The molecule has 0 aliphatic heterocycles. The summed E-state index contributed by atoms with van der Waals surface area (Å²) in [6.07, 6.45) is 0. The SMILES string of the molecule is Cc1cccc(N(c2cc(C)c(-c3ccccc3)cc2C)c2ccc(-c3ccc(-n4c5ccccc5c5ccccc54)cc3)c3oc4ccccc4c23)c1. The number of hydrogen-bond donors (Lipinski definition) is 0. The molecular weight excluding hydrogens is 657 g/mol. The molecule has 0 unspecified atom stereocenters. The highest BCUT2D eigenvalue weighted by molar-refractivity contribution is 6.17. The van der Waals surface area contributed by atoms with E-state index in [1.54, 1.807) is 0 Å². The summed E-state index contributed by atoms with van der Waals surface area (Å²) in [5.41, 5.74) is 16.9. The fourth-order valence-corrected chi connectivity index (χ4v) is 8.36. The Hall–Kier alpha value is -6.84. The number of anilines is 3. The molecule has 0 N–H and O–H groups in total. The summed E-state index contributed by atoms with van der Waals surface area (Å²) in [5, 5.41) is 4.71. The summed E-state index contributed by atoms with van der Waals surface area (Å²) in [4.78, 5) is 2.42. The van der Waals surface area contributed by atoms with E-state index in [-0.39, 0.29) is 0 Å². The molecule has 10 rings (SSSR count). The van der Waals surface area contributed by atoms with Crippen molar-refractivity contribution in [3.8, 4) is 27.9 Å². The molecule has 0 aliphatic rings. The van der Waals surface area contributed by atoms with Gasteiger partial charge in [-0.3, -0.25) is 0 Å². The van der Waals surface area contributed by atoms with Gasteiger partial charge in [0.05, 0.1) is 22.1 Å². The lowest BCUT2D eigenvalue weighted by molar-refractivity contribution is 0.670. The van der Waals surface area contributed by atoms with Gasteiger partial charge in [0.2, 0.25) is 0 Å². The highest BCUT2D eigenvalue weighted by Crippen LogP contribution is 2.47. The zero-order valence-electron chi connectivity index (χ0n) is 30.5. The van der Waals surface area contributed by atoms with Crippen molar-refractivity contribution in [2.24, 2.45) is 0 Å². The lowest BCUT2D eigenvalue weighted by Gasteiger charge is -2.29. The first-order valence-corrected chi connectivity index (χ1v) is 18.6. The summed E-state index contributed by atoms with van der Waals surface area (Å²) in [6, 6.07) is 63.3. The van der Waals surface area contributed by atoms with Gasteiger partial charge in [0.1, 0.15) is 11.2 Å². The average molecular weight is 695 g/mol. The molecule has 54 heavy (non-hydrogen) atoms. The maximum Gasteiger partial charge on any atom is 0.145 e. The zero-order valence-corrected chi connectivity index (χ0v) is 30.5. The fraction of sp³-hybridized carbons (Fsp3) is 0.0588. The molecule has 10 aromatic rings. The average Bonchev–Trinajstić information content (AvgIpc) is 3.77. The Balaban J connectivity index is 1.16. The van der Waals surface area contributed by atoms with E-state index in [9.17, 15) is 0 Å². The lowest BCUT2D eigenvalue weighted by atomic mass is 9.95. The standard InChI is InChI=1S/C51H38N2O/c1-33-14-13-17-39(30-33)53(48-32-34(2)44(31-35(48)3)36-15-5-4-6-16-36)47-29-28-40(51-50(47)43-20-9-12-23-49(43)54-51)37-24-26-38(27-25-37)52-45-21-10-7-18-41(45)42-19-8-11-22-46(42)52/h4-32H,1-3H3. The number of benzene rings is 8. The van der Waals surface area contributed by atoms with Crippen molar-refractivity contribution in [2.45, 2.75) is 20.8 Å². The Labute approximate surface area is 315 Å². The topological polar surface area (TPSA) is 21.3 Å². The highest BCUT2D eigenvalue weighted by atomic mass is 16.3. The Morgan fingerprint density at radius 2 is 1.11 bits per heavy atom. The molecule has 0 saturated carbocycles. The van der Waals surface area contributed by atoms with Crippen molar-refractivity contribution in [2.75, 3.05) is 4.90 Å². The molecule has 0 radical (unpaired) electrons. The van der Waals surface area contributed by atoms with Crippen LogP contribution in [-0.2, 0) is 0 Å². The number of para-hydroxylation sites is 3. The third kappa shape index (κ3) is 5.12. The van der Waals surface area contributed by atoms with Gasteiger partial charge in [0.25, 0.3) is 0 Å². The van der Waals surface area contributed by atoms with Crippen molar-refractivity contribution in [3.63, 3.8) is 0 Å². The molecular formula is C51H38N2O. The third-order valence-electron chi connectivity index (χ3n) is 10.9. The summed E-state index contributed by atoms with van der Waals surface area (Å²) in [6.45, 7) is 6.60. The second-order valence-electron chi connectivity index (χ2n) is 14.3. The Kier molecular flexibility index (Phi) is 7.48. The van der Waals surface area contributed by atoms with Crippen LogP contribution in [0.1, 0.15) is 16.7 Å². The third-order valence-corrected chi connectivity index (χ3v) is 10.9. The molecule has 0 aliphatic carbocycles. The quantitative estimate of drug-likeness (QED) is 0.173. The fourth-order valence-electron chi connectivity index (χ4n) is 8.36. The number of nitrogens with zero attached hydrogens (tertiary/aromatic N) is 2. The van der Waals surface area contributed by atoms with Crippen molar-refractivity contribution < 1.29 is 4.42 Å². The van der Waals surface area contributed by atoms with Crippen LogP contribution >= 0.6 is 0 Å². The molecule has 2 heterocycles. The number of rotatable bonds is 6. The van der Waals surface area contributed by atoms with Gasteiger partial charge in [0, 0.05) is 38.8 Å². The normalized spacial score (nSPS) is 11.6. The minimum Gasteiger partial charge on any atom is -0.455 e. The second kappa shape index (κ2) is 12.7. The van der Waals surface area contributed by atoms with Gasteiger partial charge in [-0.1, -0.05) is 109 Å². The second-order valence-corrected chi connectivity index (χ2v) is 14.3. The van der Waals surface area contributed by atoms with E-state index in [0.29, 0.717) is 0 Å². The molecule has 3 nitrogen and oxygen atoms in total. The highest BCUT2D eigenvalue weighted by Gasteiger charge is 2.24. The maximum atomic E-state index is 6.84. The first-order valence-electron chi connectivity index (χ1n) is 18.6. The van der Waals surface area contributed by atoms with Gasteiger partial charge in [-0.25, -0.2) is 0 Å². The zero-order chi connectivity index (χ0) is 36.3. The first-order chi connectivity index (χ1) is 26.5. The number of aryl methyl sites for hydroxylation is 3. The molecule has 258 valence electrons. The predicted octanol–water partition coefficient (Wildman–Crippen LogP) is 14.4. The van der Waals surface area contributed by atoms with Gasteiger partial charge < -0.3 is 13.9 Å². The van der Waals surface area contributed by atoms with Gasteiger partial charge >= 0.3 is 0 Å². The minimum absolute atomic E-state index is 0.875. The van der Waals surface area contributed by atoms with Crippen LogP contribution in [0.25, 0.3) is 71.7 Å². The molecule has 8 aromatic carbocycles. The van der Waals surface area contributed by atoms with Crippen molar-refractivity contribution >= 4 is 60.8 Å². The van der Waals surface area contributed by atoms with E-state index in [2.05, 4.69) is 206 Å². The van der Waals surface area contributed by atoms with Crippen LogP contribution in [0, 0.1) is 20.8 Å². The Bertz CT molecular complexity index is 2970. The van der Waals surface area contributed by atoms with Crippen LogP contribution in [0.2, 0.25) is 0 Å². The molecule has 0 bridgehead atoms. The van der Waals surface area contributed by atoms with Crippen LogP contribution < -0.4 is 4.90 Å². The van der Waals surface area contributed by atoms with E-state index in [1.807, 2.05) is 0 Å². The predicted molar refractivity (Wildman–Crippen MR) is 228 cm³/mol. The first kappa shape index (κ1) is 31.9. The number of fused-ring (bicyclic) bond motifs is 6. The Morgan fingerprint density at radius 3 is 1.83 bits per heavy atom. The Morgan fingerprint density at radius 1 is 0.463 bits per heavy atom. The van der Waals surface area contributed by atoms with Crippen LogP contribution in [-0.4, -0.2) is 4.57 Å². The number of furan rings is 1. The van der Waals surface area contributed by atoms with E-state index >= 15 is 0 Å².